The number of benzene rings is 1. The number of carbonyl (C=O) groups is 1. The second-order valence-corrected chi connectivity index (χ2v) is 10.2. The molecule has 2 fully saturated rings. The Labute approximate surface area is 192 Å². The van der Waals surface area contributed by atoms with E-state index in [2.05, 4.69) is 37.4 Å². The molecule has 2 aliphatic rings. The first-order valence-corrected chi connectivity index (χ1v) is 12.9. The van der Waals surface area contributed by atoms with Gasteiger partial charge in [-0.15, -0.1) is 10.2 Å². The highest BCUT2D eigenvalue weighted by molar-refractivity contribution is 8.01. The van der Waals surface area contributed by atoms with Crippen molar-refractivity contribution in [3.63, 3.8) is 0 Å². The van der Waals surface area contributed by atoms with Crippen LogP contribution in [0.2, 0.25) is 0 Å². The topological polar surface area (TPSA) is 70.6 Å². The van der Waals surface area contributed by atoms with E-state index in [0.717, 1.165) is 41.4 Å². The molecular formula is C22H31N5O2S2. The average molecular weight is 462 g/mol. The molecule has 0 radical (unpaired) electrons. The summed E-state index contributed by atoms with van der Waals surface area (Å²) in [6, 6.07) is 8.40. The lowest BCUT2D eigenvalue weighted by Gasteiger charge is -2.35. The standard InChI is InChI=1S/C22H31N5O2S2/c1-29-18-9-7-17(8-10-18)19(26-11-3-2-4-12-26)15-23-20(28)16-30-22-25-24-21(31-22)27-13-5-6-14-27/h7-10,19H,2-6,11-16H2,1H3,(H,23,28). The average Bonchev–Trinajstić information content (AvgIpc) is 3.51. The molecule has 7 nitrogen and oxygen atoms in total. The molecule has 1 aromatic heterocycles. The summed E-state index contributed by atoms with van der Waals surface area (Å²) in [4.78, 5) is 17.3. The lowest BCUT2D eigenvalue weighted by molar-refractivity contribution is -0.118. The van der Waals surface area contributed by atoms with Gasteiger partial charge in [0.05, 0.1) is 18.9 Å². The van der Waals surface area contributed by atoms with Gasteiger partial charge < -0.3 is 15.0 Å². The molecule has 2 aromatic rings. The molecule has 168 valence electrons. The molecule has 31 heavy (non-hydrogen) atoms. The number of carbonyl (C=O) groups excluding carboxylic acids is 1. The molecule has 0 aliphatic carbocycles. The van der Waals surface area contributed by atoms with E-state index in [1.165, 1.54) is 49.4 Å². The molecule has 0 bridgehead atoms. The number of ether oxygens (including phenoxy) is 1. The lowest BCUT2D eigenvalue weighted by Crippen LogP contribution is -2.41. The van der Waals surface area contributed by atoms with Crippen LogP contribution >= 0.6 is 23.1 Å². The second-order valence-electron chi connectivity index (χ2n) is 8.02. The molecule has 1 unspecified atom stereocenters. The van der Waals surface area contributed by atoms with Gasteiger partial charge in [-0.2, -0.15) is 0 Å². The maximum absolute atomic E-state index is 12.6. The number of hydrogen-bond acceptors (Lipinski definition) is 8. The van der Waals surface area contributed by atoms with E-state index in [1.54, 1.807) is 18.4 Å². The number of thioether (sulfide) groups is 1. The number of likely N-dealkylation sites (tertiary alicyclic amines) is 1. The van der Waals surface area contributed by atoms with E-state index in [0.29, 0.717) is 12.3 Å². The predicted molar refractivity (Wildman–Crippen MR) is 126 cm³/mol. The fourth-order valence-corrected chi connectivity index (χ4v) is 5.92. The van der Waals surface area contributed by atoms with Gasteiger partial charge in [0.1, 0.15) is 5.75 Å². The summed E-state index contributed by atoms with van der Waals surface area (Å²) in [5.41, 5.74) is 1.22. The van der Waals surface area contributed by atoms with Crippen molar-refractivity contribution < 1.29 is 9.53 Å². The van der Waals surface area contributed by atoms with Gasteiger partial charge in [-0.25, -0.2) is 0 Å². The van der Waals surface area contributed by atoms with Crippen molar-refractivity contribution >= 4 is 34.1 Å². The molecule has 1 N–H and O–H groups in total. The van der Waals surface area contributed by atoms with Gasteiger partial charge >= 0.3 is 0 Å². The molecule has 1 amide bonds. The minimum Gasteiger partial charge on any atom is -0.497 e. The first-order chi connectivity index (χ1) is 15.2. The highest BCUT2D eigenvalue weighted by Gasteiger charge is 2.23. The van der Waals surface area contributed by atoms with Crippen LogP contribution in [0.1, 0.15) is 43.7 Å². The fraction of sp³-hybridized carbons (Fsp3) is 0.591. The molecule has 9 heteroatoms. The van der Waals surface area contributed by atoms with Crippen LogP contribution < -0.4 is 15.0 Å². The highest BCUT2D eigenvalue weighted by Crippen LogP contribution is 2.30. The first kappa shape index (κ1) is 22.4. The van der Waals surface area contributed by atoms with Gasteiger partial charge in [-0.1, -0.05) is 41.7 Å². The zero-order valence-electron chi connectivity index (χ0n) is 18.1. The number of nitrogens with one attached hydrogen (secondary N) is 1. The monoisotopic (exact) mass is 461 g/mol. The summed E-state index contributed by atoms with van der Waals surface area (Å²) in [5, 5.41) is 12.7. The Balaban J connectivity index is 1.31. The van der Waals surface area contributed by atoms with Crippen molar-refractivity contribution in [1.29, 1.82) is 0 Å². The molecule has 1 aromatic carbocycles. The van der Waals surface area contributed by atoms with Crippen molar-refractivity contribution in [2.45, 2.75) is 42.5 Å². The predicted octanol–water partition coefficient (Wildman–Crippen LogP) is 3.58. The number of anilines is 1. The third kappa shape index (κ3) is 6.11. The van der Waals surface area contributed by atoms with Crippen LogP contribution in [0, 0.1) is 0 Å². The molecule has 4 rings (SSSR count). The van der Waals surface area contributed by atoms with Gasteiger partial charge in [0, 0.05) is 19.6 Å². The van der Waals surface area contributed by atoms with Gasteiger partial charge in [0.15, 0.2) is 4.34 Å². The van der Waals surface area contributed by atoms with Crippen LogP contribution in [0.25, 0.3) is 0 Å². The van der Waals surface area contributed by atoms with E-state index >= 15 is 0 Å². The minimum atomic E-state index is 0.0402. The van der Waals surface area contributed by atoms with Gasteiger partial charge in [-0.3, -0.25) is 9.69 Å². The van der Waals surface area contributed by atoms with Crippen LogP contribution in [-0.4, -0.2) is 66.6 Å². The SMILES string of the molecule is COc1ccc(C(CNC(=O)CSc2nnc(N3CCCC3)s2)N2CCCCC2)cc1. The van der Waals surface area contributed by atoms with Crippen molar-refractivity contribution in [3.05, 3.63) is 29.8 Å². The summed E-state index contributed by atoms with van der Waals surface area (Å²) >= 11 is 3.06. The van der Waals surface area contributed by atoms with Crippen LogP contribution in [-0.2, 0) is 4.79 Å². The molecule has 0 saturated carbocycles. The van der Waals surface area contributed by atoms with Gasteiger partial charge in [0.2, 0.25) is 11.0 Å². The number of amides is 1. The minimum absolute atomic E-state index is 0.0402. The van der Waals surface area contributed by atoms with E-state index in [-0.39, 0.29) is 11.9 Å². The highest BCUT2D eigenvalue weighted by atomic mass is 32.2. The molecular weight excluding hydrogens is 430 g/mol. The normalized spacial score (nSPS) is 18.2. The third-order valence-corrected chi connectivity index (χ3v) is 8.04. The van der Waals surface area contributed by atoms with Crippen molar-refractivity contribution in [2.24, 2.45) is 0 Å². The van der Waals surface area contributed by atoms with Gasteiger partial charge in [0.25, 0.3) is 0 Å². The van der Waals surface area contributed by atoms with Crippen molar-refractivity contribution in [3.8, 4) is 5.75 Å². The molecule has 2 aliphatic heterocycles. The molecule has 0 spiro atoms. The maximum atomic E-state index is 12.6. The number of piperidine rings is 1. The van der Waals surface area contributed by atoms with E-state index in [1.807, 2.05) is 12.1 Å². The summed E-state index contributed by atoms with van der Waals surface area (Å²) < 4.78 is 6.16. The number of hydrogen-bond donors (Lipinski definition) is 1. The van der Waals surface area contributed by atoms with Crippen molar-refractivity contribution in [2.75, 3.05) is 50.5 Å². The zero-order valence-corrected chi connectivity index (χ0v) is 19.7. The quantitative estimate of drug-likeness (QED) is 0.572. The lowest BCUT2D eigenvalue weighted by atomic mass is 10.0. The van der Waals surface area contributed by atoms with Crippen LogP contribution in [0.4, 0.5) is 5.13 Å². The van der Waals surface area contributed by atoms with Crippen LogP contribution in [0.3, 0.4) is 0 Å². The largest absolute Gasteiger partial charge is 0.497 e. The Bertz CT molecular complexity index is 833. The Morgan fingerprint density at radius 1 is 1.10 bits per heavy atom. The van der Waals surface area contributed by atoms with E-state index < -0.39 is 0 Å². The van der Waals surface area contributed by atoms with E-state index in [9.17, 15) is 4.79 Å². The fourth-order valence-electron chi connectivity index (χ4n) is 4.20. The Kier molecular flexibility index (Phi) is 8.04. The summed E-state index contributed by atoms with van der Waals surface area (Å²) in [7, 11) is 1.68. The molecule has 2 saturated heterocycles. The number of rotatable bonds is 9. The Morgan fingerprint density at radius 2 is 1.81 bits per heavy atom. The zero-order chi connectivity index (χ0) is 21.5. The van der Waals surface area contributed by atoms with Crippen molar-refractivity contribution in [1.82, 2.24) is 20.4 Å². The maximum Gasteiger partial charge on any atom is 0.230 e. The van der Waals surface area contributed by atoms with E-state index in [4.69, 9.17) is 4.74 Å². The first-order valence-electron chi connectivity index (χ1n) is 11.1. The van der Waals surface area contributed by atoms with Crippen LogP contribution in [0.15, 0.2) is 28.6 Å². The molecule has 3 heterocycles. The Hall–Kier alpha value is -1.84. The third-order valence-electron chi connectivity index (χ3n) is 5.92. The number of nitrogens with zero attached hydrogens (tertiary/aromatic N) is 4. The summed E-state index contributed by atoms with van der Waals surface area (Å²) in [6.45, 7) is 4.88. The second kappa shape index (κ2) is 11.2. The van der Waals surface area contributed by atoms with Gasteiger partial charge in [-0.05, 0) is 56.5 Å². The molecule has 1 atom stereocenters. The van der Waals surface area contributed by atoms with Crippen LogP contribution in [0.5, 0.6) is 5.75 Å². The number of methoxy groups -OCH3 is 1. The summed E-state index contributed by atoms with van der Waals surface area (Å²) in [5.74, 6) is 1.26. The Morgan fingerprint density at radius 3 is 2.52 bits per heavy atom. The number of aromatic nitrogens is 2. The summed E-state index contributed by atoms with van der Waals surface area (Å²) in [6.07, 6.45) is 6.16. The smallest absolute Gasteiger partial charge is 0.230 e.